The molecule has 132 valence electrons. The number of aromatic nitrogens is 1. The molecule has 0 unspecified atom stereocenters. The third kappa shape index (κ3) is 4.96. The van der Waals surface area contributed by atoms with Crippen molar-refractivity contribution < 1.29 is 22.8 Å². The molecule has 25 heavy (non-hydrogen) atoms. The Morgan fingerprint density at radius 1 is 1.20 bits per heavy atom. The first-order valence-electron chi connectivity index (χ1n) is 7.05. The monoisotopic (exact) mass is 369 g/mol. The van der Waals surface area contributed by atoms with E-state index >= 15 is 0 Å². The number of hydrogen-bond acceptors (Lipinski definition) is 4. The van der Waals surface area contributed by atoms with Gasteiger partial charge in [0.25, 0.3) is 5.91 Å². The number of anilines is 1. The summed E-state index contributed by atoms with van der Waals surface area (Å²) < 4.78 is 37.9. The van der Waals surface area contributed by atoms with Crippen molar-refractivity contribution in [1.29, 1.82) is 0 Å². The minimum absolute atomic E-state index is 0.0303. The van der Waals surface area contributed by atoms with E-state index in [1.54, 1.807) is 24.3 Å². The Morgan fingerprint density at radius 2 is 1.88 bits per heavy atom. The largest absolute Gasteiger partial charge is 0.433 e. The number of nitrogens with zero attached hydrogens (tertiary/aromatic N) is 1. The van der Waals surface area contributed by atoms with Crippen LogP contribution in [-0.2, 0) is 11.0 Å². The smallest absolute Gasteiger partial charge is 0.369 e. The zero-order chi connectivity index (χ0) is 18.6. The number of nitrogens with two attached hydrogens (primary N) is 1. The first-order valence-corrected chi connectivity index (χ1v) is 8.03. The number of nitrogens with one attached hydrogen (secondary N) is 1. The van der Waals surface area contributed by atoms with Crippen LogP contribution in [0.4, 0.5) is 18.9 Å². The van der Waals surface area contributed by atoms with Crippen LogP contribution in [0.5, 0.6) is 0 Å². The number of halogens is 3. The minimum Gasteiger partial charge on any atom is -0.369 e. The summed E-state index contributed by atoms with van der Waals surface area (Å²) in [4.78, 5) is 27.3. The van der Waals surface area contributed by atoms with E-state index in [0.717, 1.165) is 23.9 Å². The second kappa shape index (κ2) is 7.56. The van der Waals surface area contributed by atoms with E-state index in [-0.39, 0.29) is 17.0 Å². The predicted molar refractivity (Wildman–Crippen MR) is 88.3 cm³/mol. The van der Waals surface area contributed by atoms with E-state index in [2.05, 4.69) is 10.3 Å². The van der Waals surface area contributed by atoms with Gasteiger partial charge in [0.2, 0.25) is 5.91 Å². The number of carbonyl (C=O) groups excluding carboxylic acids is 2. The molecule has 0 atom stereocenters. The Kier molecular flexibility index (Phi) is 5.68. The standard InChI is InChI=1S/C16H14F3N3O2S/c1-9-10(6-7-13(21-9)16(17,18)19)15(24)22-11-4-2-3-5-12(11)25-8-14(20)23/h2-7H,8H2,1H3,(H2,20,23)(H,22,24). The Morgan fingerprint density at radius 3 is 2.48 bits per heavy atom. The fraction of sp³-hybridized carbons (Fsp3) is 0.188. The van der Waals surface area contributed by atoms with Crippen molar-refractivity contribution in [2.24, 2.45) is 5.73 Å². The lowest BCUT2D eigenvalue weighted by atomic mass is 10.1. The lowest BCUT2D eigenvalue weighted by molar-refractivity contribution is -0.141. The van der Waals surface area contributed by atoms with Crippen molar-refractivity contribution >= 4 is 29.3 Å². The molecule has 0 bridgehead atoms. The maximum Gasteiger partial charge on any atom is 0.433 e. The Bertz CT molecular complexity index is 809. The highest BCUT2D eigenvalue weighted by atomic mass is 32.2. The number of thioether (sulfide) groups is 1. The number of benzene rings is 1. The van der Waals surface area contributed by atoms with Gasteiger partial charge in [-0.15, -0.1) is 11.8 Å². The number of aryl methyl sites for hydroxylation is 1. The summed E-state index contributed by atoms with van der Waals surface area (Å²) in [7, 11) is 0. The number of rotatable bonds is 5. The van der Waals surface area contributed by atoms with Crippen LogP contribution in [0.2, 0.25) is 0 Å². The van der Waals surface area contributed by atoms with Crippen molar-refractivity contribution in [2.45, 2.75) is 18.0 Å². The average Bonchev–Trinajstić information content (AvgIpc) is 2.52. The van der Waals surface area contributed by atoms with Gasteiger partial charge in [-0.2, -0.15) is 13.2 Å². The first kappa shape index (κ1) is 18.8. The number of carbonyl (C=O) groups is 2. The molecule has 9 heteroatoms. The minimum atomic E-state index is -4.57. The third-order valence-electron chi connectivity index (χ3n) is 3.13. The van der Waals surface area contributed by atoms with Gasteiger partial charge in [-0.3, -0.25) is 9.59 Å². The molecule has 0 saturated carbocycles. The molecule has 5 nitrogen and oxygen atoms in total. The summed E-state index contributed by atoms with van der Waals surface area (Å²) in [5.74, 6) is -1.06. The van der Waals surface area contributed by atoms with Crippen LogP contribution < -0.4 is 11.1 Å². The predicted octanol–water partition coefficient (Wildman–Crippen LogP) is 3.24. The van der Waals surface area contributed by atoms with Gasteiger partial charge in [0.1, 0.15) is 5.69 Å². The highest BCUT2D eigenvalue weighted by molar-refractivity contribution is 8.00. The van der Waals surface area contributed by atoms with Gasteiger partial charge in [0.05, 0.1) is 22.7 Å². The maximum atomic E-state index is 12.6. The molecular weight excluding hydrogens is 355 g/mol. The van der Waals surface area contributed by atoms with E-state index in [0.29, 0.717) is 10.6 Å². The molecule has 2 rings (SSSR count). The second-order valence-corrected chi connectivity index (χ2v) is 6.05. The molecule has 0 saturated heterocycles. The third-order valence-corrected chi connectivity index (χ3v) is 4.22. The van der Waals surface area contributed by atoms with Crippen LogP contribution in [0.1, 0.15) is 21.7 Å². The molecule has 2 aromatic rings. The molecule has 0 radical (unpaired) electrons. The van der Waals surface area contributed by atoms with E-state index in [9.17, 15) is 22.8 Å². The van der Waals surface area contributed by atoms with Crippen LogP contribution in [0.3, 0.4) is 0 Å². The molecular formula is C16H14F3N3O2S. The van der Waals surface area contributed by atoms with Crippen molar-refractivity contribution in [1.82, 2.24) is 4.98 Å². The normalized spacial score (nSPS) is 11.2. The molecule has 1 heterocycles. The van der Waals surface area contributed by atoms with Crippen LogP contribution in [0.25, 0.3) is 0 Å². The van der Waals surface area contributed by atoms with Crippen LogP contribution in [0.15, 0.2) is 41.3 Å². The summed E-state index contributed by atoms with van der Waals surface area (Å²) in [5.41, 5.74) is 4.47. The zero-order valence-corrected chi connectivity index (χ0v) is 13.9. The van der Waals surface area contributed by atoms with Gasteiger partial charge in [-0.25, -0.2) is 4.98 Å². The van der Waals surface area contributed by atoms with Gasteiger partial charge in [0, 0.05) is 4.90 Å². The van der Waals surface area contributed by atoms with Gasteiger partial charge < -0.3 is 11.1 Å². The van der Waals surface area contributed by atoms with E-state index in [4.69, 9.17) is 5.73 Å². The number of para-hydroxylation sites is 1. The summed E-state index contributed by atoms with van der Waals surface area (Å²) in [6.07, 6.45) is -4.57. The molecule has 0 aliphatic carbocycles. The summed E-state index contributed by atoms with van der Waals surface area (Å²) >= 11 is 1.15. The van der Waals surface area contributed by atoms with Crippen LogP contribution >= 0.6 is 11.8 Å². The average molecular weight is 369 g/mol. The van der Waals surface area contributed by atoms with Crippen molar-refractivity contribution in [2.75, 3.05) is 11.1 Å². The van der Waals surface area contributed by atoms with E-state index < -0.39 is 23.7 Å². The molecule has 0 aliphatic rings. The van der Waals surface area contributed by atoms with Crippen LogP contribution in [0, 0.1) is 6.92 Å². The molecule has 0 spiro atoms. The number of primary amides is 1. The van der Waals surface area contributed by atoms with Gasteiger partial charge >= 0.3 is 6.18 Å². The van der Waals surface area contributed by atoms with Gasteiger partial charge in [-0.1, -0.05) is 12.1 Å². The zero-order valence-electron chi connectivity index (χ0n) is 13.1. The highest BCUT2D eigenvalue weighted by Crippen LogP contribution is 2.29. The Labute approximate surface area is 145 Å². The fourth-order valence-electron chi connectivity index (χ4n) is 1.99. The first-order chi connectivity index (χ1) is 11.7. The Hall–Kier alpha value is -2.55. The number of hydrogen-bond donors (Lipinski definition) is 2. The SMILES string of the molecule is Cc1nc(C(F)(F)F)ccc1C(=O)Nc1ccccc1SCC(N)=O. The lowest BCUT2D eigenvalue weighted by Gasteiger charge is -2.12. The molecule has 0 aliphatic heterocycles. The molecule has 0 fully saturated rings. The Balaban J connectivity index is 2.22. The van der Waals surface area contributed by atoms with Gasteiger partial charge in [0.15, 0.2) is 0 Å². The van der Waals surface area contributed by atoms with Gasteiger partial charge in [-0.05, 0) is 31.2 Å². The number of amides is 2. The fourth-order valence-corrected chi connectivity index (χ4v) is 2.74. The summed E-state index contributed by atoms with van der Waals surface area (Å²) in [6, 6.07) is 8.57. The highest BCUT2D eigenvalue weighted by Gasteiger charge is 2.33. The van der Waals surface area contributed by atoms with E-state index in [1.807, 2.05) is 0 Å². The topological polar surface area (TPSA) is 85.1 Å². The number of alkyl halides is 3. The molecule has 1 aromatic carbocycles. The lowest BCUT2D eigenvalue weighted by Crippen LogP contribution is -2.17. The molecule has 2 amide bonds. The molecule has 3 N–H and O–H groups in total. The van der Waals surface area contributed by atoms with Crippen LogP contribution in [-0.4, -0.2) is 22.6 Å². The quantitative estimate of drug-likeness (QED) is 0.793. The van der Waals surface area contributed by atoms with E-state index in [1.165, 1.54) is 6.92 Å². The van der Waals surface area contributed by atoms with Crippen molar-refractivity contribution in [3.63, 3.8) is 0 Å². The maximum absolute atomic E-state index is 12.6. The molecule has 1 aromatic heterocycles. The van der Waals surface area contributed by atoms with Crippen molar-refractivity contribution in [3.05, 3.63) is 53.3 Å². The van der Waals surface area contributed by atoms with Crippen molar-refractivity contribution in [3.8, 4) is 0 Å². The second-order valence-electron chi connectivity index (χ2n) is 5.03. The number of pyridine rings is 1. The summed E-state index contributed by atoms with van der Waals surface area (Å²) in [6.45, 7) is 1.33. The summed E-state index contributed by atoms with van der Waals surface area (Å²) in [5, 5.41) is 2.62.